The summed E-state index contributed by atoms with van der Waals surface area (Å²) in [5.41, 5.74) is -0.380. The number of carbonyl (C=O) groups is 1. The van der Waals surface area contributed by atoms with Gasteiger partial charge in [0.05, 0.1) is 28.8 Å². The second-order valence-corrected chi connectivity index (χ2v) is 7.37. The summed E-state index contributed by atoms with van der Waals surface area (Å²) in [7, 11) is 1.41. The van der Waals surface area contributed by atoms with E-state index in [-0.39, 0.29) is 39.3 Å². The number of aromatic nitrogens is 1. The Morgan fingerprint density at radius 2 is 1.87 bits per heavy atom. The summed E-state index contributed by atoms with van der Waals surface area (Å²) in [4.78, 5) is 28.7. The Morgan fingerprint density at radius 1 is 1.19 bits per heavy atom. The average molecular weight is 454 g/mol. The number of carbonyl (C=O) groups excluding carboxylic acids is 1. The van der Waals surface area contributed by atoms with Crippen LogP contribution in [0.4, 0.5) is 23.7 Å². The highest BCUT2D eigenvalue weighted by Crippen LogP contribution is 2.37. The van der Waals surface area contributed by atoms with Crippen LogP contribution in [-0.2, 0) is 4.74 Å². The van der Waals surface area contributed by atoms with Crippen molar-refractivity contribution in [2.45, 2.75) is 12.3 Å². The smallest absolute Gasteiger partial charge is 0.322 e. The summed E-state index contributed by atoms with van der Waals surface area (Å²) in [6.07, 6.45) is -1.52. The quantitative estimate of drug-likeness (QED) is 0.549. The first-order chi connectivity index (χ1) is 14.7. The first kappa shape index (κ1) is 21.2. The molecule has 1 aromatic heterocycles. The molecular weight excluding hydrogens is 439 g/mol. The average Bonchev–Trinajstić information content (AvgIpc) is 2.72. The lowest BCUT2D eigenvalue weighted by molar-refractivity contribution is -0.129. The van der Waals surface area contributed by atoms with E-state index in [1.807, 2.05) is 0 Å². The molecule has 0 radical (unpaired) electrons. The van der Waals surface area contributed by atoms with E-state index in [1.165, 1.54) is 24.1 Å². The number of anilines is 1. The number of hydrogen-bond acceptors (Lipinski definition) is 4. The third-order valence-corrected chi connectivity index (χ3v) is 5.37. The van der Waals surface area contributed by atoms with E-state index in [0.29, 0.717) is 0 Å². The number of pyridine rings is 1. The number of H-pyrrole nitrogens is 1. The Balaban J connectivity index is 1.77. The van der Waals surface area contributed by atoms with Gasteiger partial charge in [-0.3, -0.25) is 4.79 Å². The number of aliphatic hydroxyl groups excluding tert-OH is 1. The van der Waals surface area contributed by atoms with Crippen LogP contribution < -0.4 is 10.9 Å². The molecule has 0 bridgehead atoms. The minimum Gasteiger partial charge on any atom is -0.363 e. The Bertz CT molecular complexity index is 1270. The molecule has 4 rings (SSSR count). The summed E-state index contributed by atoms with van der Waals surface area (Å²) < 4.78 is 46.3. The molecule has 2 amide bonds. The number of likely N-dealkylation sites (N-methyl/N-ethyl adjacent to an activating group) is 1. The predicted molar refractivity (Wildman–Crippen MR) is 106 cm³/mol. The van der Waals surface area contributed by atoms with Crippen LogP contribution in [0.1, 0.15) is 23.6 Å². The number of benzene rings is 2. The number of rotatable bonds is 2. The molecule has 0 saturated heterocycles. The Kier molecular flexibility index (Phi) is 5.38. The van der Waals surface area contributed by atoms with Gasteiger partial charge < -0.3 is 25.0 Å². The molecule has 1 aliphatic heterocycles. The van der Waals surface area contributed by atoms with Gasteiger partial charge in [0.2, 0.25) is 0 Å². The molecule has 1 unspecified atom stereocenters. The molecule has 1 aliphatic rings. The molecule has 0 fully saturated rings. The van der Waals surface area contributed by atoms with Crippen molar-refractivity contribution in [3.8, 4) is 0 Å². The molecule has 2 atom stereocenters. The van der Waals surface area contributed by atoms with Gasteiger partial charge >= 0.3 is 6.03 Å². The number of fused-ring (bicyclic) bond motifs is 3. The zero-order valence-electron chi connectivity index (χ0n) is 15.9. The van der Waals surface area contributed by atoms with Crippen LogP contribution in [0.3, 0.4) is 0 Å². The van der Waals surface area contributed by atoms with E-state index in [2.05, 4.69) is 10.3 Å². The van der Waals surface area contributed by atoms with E-state index < -0.39 is 41.4 Å². The Labute approximate surface area is 178 Å². The molecule has 31 heavy (non-hydrogen) atoms. The van der Waals surface area contributed by atoms with E-state index in [4.69, 9.17) is 16.3 Å². The molecule has 3 N–H and O–H groups in total. The summed E-state index contributed by atoms with van der Waals surface area (Å²) in [5.74, 6) is -3.05. The van der Waals surface area contributed by atoms with Crippen molar-refractivity contribution in [2.75, 3.05) is 19.0 Å². The van der Waals surface area contributed by atoms with Gasteiger partial charge in [-0.15, -0.1) is 0 Å². The van der Waals surface area contributed by atoms with Crippen LogP contribution >= 0.6 is 11.6 Å². The zero-order valence-corrected chi connectivity index (χ0v) is 16.6. The van der Waals surface area contributed by atoms with Gasteiger partial charge in [-0.2, -0.15) is 0 Å². The molecule has 2 aromatic carbocycles. The Hall–Kier alpha value is -3.08. The number of halogens is 4. The van der Waals surface area contributed by atoms with Crippen molar-refractivity contribution in [3.63, 3.8) is 0 Å². The lowest BCUT2D eigenvalue weighted by atomic mass is 9.95. The van der Waals surface area contributed by atoms with Crippen molar-refractivity contribution in [1.82, 2.24) is 9.88 Å². The zero-order chi connectivity index (χ0) is 22.4. The fourth-order valence-corrected chi connectivity index (χ4v) is 3.68. The first-order valence-electron chi connectivity index (χ1n) is 9.00. The number of hydrogen-bond donors (Lipinski definition) is 3. The van der Waals surface area contributed by atoms with Crippen molar-refractivity contribution in [3.05, 3.63) is 74.4 Å². The van der Waals surface area contributed by atoms with Crippen LogP contribution in [0.5, 0.6) is 0 Å². The maximum absolute atomic E-state index is 14.0. The van der Waals surface area contributed by atoms with Crippen LogP contribution in [0, 0.1) is 17.5 Å². The van der Waals surface area contributed by atoms with E-state index in [9.17, 15) is 27.9 Å². The lowest BCUT2D eigenvalue weighted by Gasteiger charge is -2.35. The molecule has 11 heteroatoms. The fourth-order valence-electron chi connectivity index (χ4n) is 3.49. The molecule has 3 aromatic rings. The third kappa shape index (κ3) is 3.73. The summed E-state index contributed by atoms with van der Waals surface area (Å²) in [6, 6.07) is 3.69. The molecule has 0 aliphatic carbocycles. The second kappa shape index (κ2) is 7.88. The summed E-state index contributed by atoms with van der Waals surface area (Å²) >= 11 is 5.73. The SMILES string of the molecule is CN(C(=O)Nc1ccc(F)c(Cl)c1)C1CO[C@@H](O)c2[nH]c(=O)c3cc(F)c(F)cc3c21. The number of nitrogens with zero attached hydrogens (tertiary/aromatic N) is 1. The maximum Gasteiger partial charge on any atom is 0.322 e. The largest absolute Gasteiger partial charge is 0.363 e. The highest BCUT2D eigenvalue weighted by Gasteiger charge is 2.35. The van der Waals surface area contributed by atoms with Gasteiger partial charge in [-0.25, -0.2) is 18.0 Å². The highest BCUT2D eigenvalue weighted by molar-refractivity contribution is 6.31. The van der Waals surface area contributed by atoms with E-state index >= 15 is 0 Å². The number of urea groups is 1. The van der Waals surface area contributed by atoms with Gasteiger partial charge in [-0.1, -0.05) is 11.6 Å². The van der Waals surface area contributed by atoms with Crippen LogP contribution in [-0.4, -0.2) is 34.7 Å². The van der Waals surface area contributed by atoms with Crippen LogP contribution in [0.25, 0.3) is 10.8 Å². The van der Waals surface area contributed by atoms with Crippen molar-refractivity contribution in [1.29, 1.82) is 0 Å². The minimum atomic E-state index is -1.52. The van der Waals surface area contributed by atoms with Gasteiger partial charge in [0.1, 0.15) is 5.82 Å². The third-order valence-electron chi connectivity index (χ3n) is 5.08. The number of aromatic amines is 1. The van der Waals surface area contributed by atoms with Gasteiger partial charge in [-0.05, 0) is 35.7 Å². The lowest BCUT2D eigenvalue weighted by Crippen LogP contribution is -2.40. The number of amides is 2. The molecule has 2 heterocycles. The summed E-state index contributed by atoms with van der Waals surface area (Å²) in [6.45, 7) is -0.192. The normalized spacial score (nSPS) is 18.0. The highest BCUT2D eigenvalue weighted by atomic mass is 35.5. The minimum absolute atomic E-state index is 0.0366. The monoisotopic (exact) mass is 453 g/mol. The van der Waals surface area contributed by atoms with Gasteiger partial charge in [0.15, 0.2) is 17.9 Å². The summed E-state index contributed by atoms with van der Waals surface area (Å²) in [5, 5.41) is 12.4. The number of ether oxygens (including phenoxy) is 1. The van der Waals surface area contributed by atoms with Crippen LogP contribution in [0.2, 0.25) is 5.02 Å². The Morgan fingerprint density at radius 3 is 2.55 bits per heavy atom. The van der Waals surface area contributed by atoms with Gasteiger partial charge in [0, 0.05) is 18.3 Å². The second-order valence-electron chi connectivity index (χ2n) is 6.96. The maximum atomic E-state index is 14.0. The van der Waals surface area contributed by atoms with Crippen molar-refractivity contribution < 1.29 is 27.8 Å². The van der Waals surface area contributed by atoms with E-state index in [1.54, 1.807) is 0 Å². The van der Waals surface area contributed by atoms with Gasteiger partial charge in [0.25, 0.3) is 5.56 Å². The van der Waals surface area contributed by atoms with Crippen LogP contribution in [0.15, 0.2) is 35.1 Å². The standard InChI is InChI=1S/C20H15ClF3N3O4/c1-27(20(30)25-8-2-3-12(22)11(21)4-8)15-7-31-19(29)17-16(15)9-5-13(23)14(24)6-10(9)18(28)26-17/h2-6,15,19,29H,7H2,1H3,(H,25,30)(H,26,28)/t15?,19-/m1/s1. The first-order valence-corrected chi connectivity index (χ1v) is 9.38. The molecule has 162 valence electrons. The number of nitrogens with one attached hydrogen (secondary N) is 2. The molecule has 0 saturated carbocycles. The van der Waals surface area contributed by atoms with Crippen molar-refractivity contribution >= 4 is 34.1 Å². The van der Waals surface area contributed by atoms with Crippen molar-refractivity contribution in [2.24, 2.45) is 0 Å². The fraction of sp³-hybridized carbons (Fsp3) is 0.200. The van der Waals surface area contributed by atoms with E-state index in [0.717, 1.165) is 18.2 Å². The topological polar surface area (TPSA) is 94.7 Å². The molecule has 0 spiro atoms. The predicted octanol–water partition coefficient (Wildman–Crippen LogP) is 3.82. The number of aliphatic hydroxyl groups is 1. The molecular formula is C20H15ClF3N3O4. The molecule has 7 nitrogen and oxygen atoms in total.